The molecule has 0 N–H and O–H groups in total. The highest BCUT2D eigenvalue weighted by Gasteiger charge is 2.41. The van der Waals surface area contributed by atoms with Crippen LogP contribution in [0.5, 0.6) is 0 Å². The first-order chi connectivity index (χ1) is 12.5. The first-order valence-corrected chi connectivity index (χ1v) is 8.85. The quantitative estimate of drug-likeness (QED) is 0.563. The van der Waals surface area contributed by atoms with Gasteiger partial charge in [0.25, 0.3) is 0 Å². The van der Waals surface area contributed by atoms with Crippen molar-refractivity contribution in [1.29, 1.82) is 5.26 Å². The van der Waals surface area contributed by atoms with E-state index < -0.39 is 0 Å². The van der Waals surface area contributed by atoms with Crippen LogP contribution >= 0.6 is 0 Å². The molecule has 4 rings (SSSR count). The number of nitriles is 1. The van der Waals surface area contributed by atoms with Crippen LogP contribution in [0.3, 0.4) is 0 Å². The summed E-state index contributed by atoms with van der Waals surface area (Å²) in [6.45, 7) is 7.75. The number of carbonyl (C=O) groups excluding carboxylic acids is 1. The smallest absolute Gasteiger partial charge is 0.131 e. The number of hydrogen-bond donors (Lipinski definition) is 0. The third-order valence-corrected chi connectivity index (χ3v) is 5.35. The number of benzene rings is 2. The van der Waals surface area contributed by atoms with Gasteiger partial charge in [-0.2, -0.15) is 5.26 Å². The molecule has 2 aromatic rings. The molecule has 2 fully saturated rings. The van der Waals surface area contributed by atoms with Crippen molar-refractivity contribution in [3.8, 4) is 6.07 Å². The number of allylic oxidation sites excluding steroid dienone is 2. The van der Waals surface area contributed by atoms with Gasteiger partial charge in [-0.3, -0.25) is 0 Å². The molecule has 0 unspecified atom stereocenters. The Morgan fingerprint density at radius 3 is 1.65 bits per heavy atom. The first kappa shape index (κ1) is 17.9. The Hall–Kier alpha value is -2.92. The fourth-order valence-electron chi connectivity index (χ4n) is 3.87. The molecular weight excluding hydrogens is 318 g/mol. The average molecular weight is 341 g/mol. The van der Waals surface area contributed by atoms with Gasteiger partial charge in [0.05, 0.1) is 16.9 Å². The Morgan fingerprint density at radius 2 is 1.27 bits per heavy atom. The van der Waals surface area contributed by atoms with Gasteiger partial charge in [-0.1, -0.05) is 85.0 Å². The van der Waals surface area contributed by atoms with Crippen LogP contribution in [0.2, 0.25) is 0 Å². The van der Waals surface area contributed by atoms with Gasteiger partial charge in [0.2, 0.25) is 0 Å². The van der Waals surface area contributed by atoms with E-state index in [2.05, 4.69) is 19.2 Å². The normalized spacial score (nSPS) is 19.0. The van der Waals surface area contributed by atoms with E-state index in [1.807, 2.05) is 60.7 Å². The minimum Gasteiger partial charge on any atom is -0.302 e. The molecule has 0 aliphatic heterocycles. The van der Waals surface area contributed by atoms with Gasteiger partial charge in [0, 0.05) is 0 Å². The van der Waals surface area contributed by atoms with Crippen LogP contribution in [-0.2, 0) is 15.6 Å². The first-order valence-electron chi connectivity index (χ1n) is 8.85. The molecule has 0 radical (unpaired) electrons. The fraction of sp³-hybridized carbons (Fsp3) is 0.250. The highest BCUT2D eigenvalue weighted by atomic mass is 16.1. The van der Waals surface area contributed by atoms with Gasteiger partial charge in [0.15, 0.2) is 0 Å². The van der Waals surface area contributed by atoms with Crippen molar-refractivity contribution in [1.82, 2.24) is 0 Å². The number of aldehydes is 1. The number of rotatable bonds is 3. The SMILES string of the molecule is C=C1CC(C#N)(c2ccccc2)C1.C=C1CC(C=O)(c2ccccc2)C1. The van der Waals surface area contributed by atoms with Crippen molar-refractivity contribution in [3.63, 3.8) is 0 Å². The summed E-state index contributed by atoms with van der Waals surface area (Å²) in [6.07, 6.45) is 4.36. The Kier molecular flexibility index (Phi) is 4.91. The van der Waals surface area contributed by atoms with Crippen molar-refractivity contribution >= 4 is 6.29 Å². The van der Waals surface area contributed by atoms with E-state index in [9.17, 15) is 4.79 Å². The van der Waals surface area contributed by atoms with E-state index in [1.54, 1.807) is 0 Å². The van der Waals surface area contributed by atoms with Gasteiger partial charge in [-0.25, -0.2) is 0 Å². The van der Waals surface area contributed by atoms with Crippen LogP contribution in [-0.4, -0.2) is 6.29 Å². The van der Waals surface area contributed by atoms with E-state index >= 15 is 0 Å². The van der Waals surface area contributed by atoms with Gasteiger partial charge >= 0.3 is 0 Å². The molecule has 2 saturated carbocycles. The Bertz CT molecular complexity index is 842. The van der Waals surface area contributed by atoms with Crippen LogP contribution in [0.25, 0.3) is 0 Å². The van der Waals surface area contributed by atoms with Crippen molar-refractivity contribution < 1.29 is 4.79 Å². The summed E-state index contributed by atoms with van der Waals surface area (Å²) in [5.41, 5.74) is 4.10. The summed E-state index contributed by atoms with van der Waals surface area (Å²) in [5, 5.41) is 9.12. The second-order valence-electron chi connectivity index (χ2n) is 7.41. The summed E-state index contributed by atoms with van der Waals surface area (Å²) in [7, 11) is 0. The molecule has 0 atom stereocenters. The highest BCUT2D eigenvalue weighted by Crippen LogP contribution is 2.46. The summed E-state index contributed by atoms with van der Waals surface area (Å²) in [5.74, 6) is 0. The standard InChI is InChI=1S/C12H11N.C12H12O/c2*1-10-7-12(8-10,9-13)11-5-3-2-4-6-11/h2-6H,1,7-8H2;2-6,9H,1,7-8H2. The zero-order valence-electron chi connectivity index (χ0n) is 14.9. The third-order valence-electron chi connectivity index (χ3n) is 5.35. The molecule has 0 heterocycles. The molecule has 0 bridgehead atoms. The zero-order valence-corrected chi connectivity index (χ0v) is 14.9. The van der Waals surface area contributed by atoms with E-state index in [1.165, 1.54) is 11.1 Å². The van der Waals surface area contributed by atoms with Crippen LogP contribution in [0.15, 0.2) is 85.0 Å². The minimum absolute atomic E-state index is 0.252. The van der Waals surface area contributed by atoms with Crippen molar-refractivity contribution in [2.75, 3.05) is 0 Å². The lowest BCUT2D eigenvalue weighted by atomic mass is 9.63. The predicted octanol–water partition coefficient (Wildman–Crippen LogP) is 5.27. The topological polar surface area (TPSA) is 40.9 Å². The van der Waals surface area contributed by atoms with Crippen LogP contribution in [0.1, 0.15) is 36.8 Å². The monoisotopic (exact) mass is 341 g/mol. The lowest BCUT2D eigenvalue weighted by Crippen LogP contribution is -2.37. The second-order valence-corrected chi connectivity index (χ2v) is 7.41. The minimum atomic E-state index is -0.266. The van der Waals surface area contributed by atoms with Crippen molar-refractivity contribution in [2.24, 2.45) is 0 Å². The van der Waals surface area contributed by atoms with E-state index in [-0.39, 0.29) is 10.8 Å². The molecule has 2 aliphatic rings. The third kappa shape index (κ3) is 3.26. The van der Waals surface area contributed by atoms with Gasteiger partial charge < -0.3 is 4.79 Å². The van der Waals surface area contributed by atoms with Crippen LogP contribution in [0.4, 0.5) is 0 Å². The van der Waals surface area contributed by atoms with Crippen LogP contribution in [0, 0.1) is 11.3 Å². The molecule has 26 heavy (non-hydrogen) atoms. The van der Waals surface area contributed by atoms with E-state index in [4.69, 9.17) is 5.26 Å². The summed E-state index contributed by atoms with van der Waals surface area (Å²) < 4.78 is 0. The lowest BCUT2D eigenvalue weighted by molar-refractivity contribution is -0.113. The van der Waals surface area contributed by atoms with Gasteiger partial charge in [-0.15, -0.1) is 0 Å². The molecule has 2 nitrogen and oxygen atoms in total. The molecule has 0 spiro atoms. The van der Waals surface area contributed by atoms with Crippen molar-refractivity contribution in [2.45, 2.75) is 36.5 Å². The van der Waals surface area contributed by atoms with Gasteiger partial charge in [0.1, 0.15) is 6.29 Å². The molecular formula is C24H23NO. The number of hydrogen-bond acceptors (Lipinski definition) is 2. The van der Waals surface area contributed by atoms with E-state index in [0.717, 1.165) is 43.1 Å². The highest BCUT2D eigenvalue weighted by molar-refractivity contribution is 5.73. The molecule has 2 heteroatoms. The van der Waals surface area contributed by atoms with E-state index in [0.29, 0.717) is 0 Å². The molecule has 2 aromatic carbocycles. The largest absolute Gasteiger partial charge is 0.302 e. The number of carbonyl (C=O) groups is 1. The predicted molar refractivity (Wildman–Crippen MR) is 105 cm³/mol. The Balaban J connectivity index is 0.000000151. The van der Waals surface area contributed by atoms with Crippen molar-refractivity contribution in [3.05, 3.63) is 96.1 Å². The molecule has 130 valence electrons. The van der Waals surface area contributed by atoms with Crippen LogP contribution < -0.4 is 0 Å². The molecule has 0 aromatic heterocycles. The zero-order chi connectivity index (χ0) is 18.6. The molecule has 0 saturated heterocycles. The maximum atomic E-state index is 11.0. The fourth-order valence-corrected chi connectivity index (χ4v) is 3.87. The maximum Gasteiger partial charge on any atom is 0.131 e. The maximum absolute atomic E-state index is 11.0. The molecule has 0 amide bonds. The molecule has 2 aliphatic carbocycles. The average Bonchev–Trinajstić information content (AvgIpc) is 2.64. The number of nitrogens with zero attached hydrogens (tertiary/aromatic N) is 1. The summed E-state index contributed by atoms with van der Waals surface area (Å²) >= 11 is 0. The lowest BCUT2D eigenvalue weighted by Gasteiger charge is -2.39. The summed E-state index contributed by atoms with van der Waals surface area (Å²) in [6, 6.07) is 22.3. The van der Waals surface area contributed by atoms with Gasteiger partial charge in [-0.05, 0) is 36.8 Å². The summed E-state index contributed by atoms with van der Waals surface area (Å²) in [4.78, 5) is 11.0. The Morgan fingerprint density at radius 1 is 0.808 bits per heavy atom. The second kappa shape index (κ2) is 7.14. The Labute approximate surface area is 155 Å².